The van der Waals surface area contributed by atoms with Crippen molar-refractivity contribution in [1.29, 1.82) is 0 Å². The molecule has 2 aliphatic rings. The molecule has 1 aliphatic carbocycles. The fourth-order valence-electron chi connectivity index (χ4n) is 3.26. The van der Waals surface area contributed by atoms with Crippen molar-refractivity contribution in [3.05, 3.63) is 11.3 Å². The summed E-state index contributed by atoms with van der Waals surface area (Å²) in [5, 5.41) is 0. The van der Waals surface area contributed by atoms with Crippen molar-refractivity contribution < 1.29 is 14.3 Å². The minimum absolute atomic E-state index is 0.0988. The SMILES string of the molecule is COC(=O)C(C(C)=O)C1=C(N2CCCCC2)CCC1. The smallest absolute Gasteiger partial charge is 0.320 e. The molecule has 0 aromatic rings. The summed E-state index contributed by atoms with van der Waals surface area (Å²) in [6.07, 6.45) is 6.59. The quantitative estimate of drug-likeness (QED) is 0.578. The van der Waals surface area contributed by atoms with E-state index in [-0.39, 0.29) is 5.78 Å². The number of hydrogen-bond donors (Lipinski definition) is 0. The first-order valence-electron chi connectivity index (χ1n) is 7.20. The number of carbonyl (C=O) groups excluding carboxylic acids is 2. The van der Waals surface area contributed by atoms with E-state index < -0.39 is 11.9 Å². The van der Waals surface area contributed by atoms with Crippen LogP contribution in [0, 0.1) is 5.92 Å². The van der Waals surface area contributed by atoms with Crippen molar-refractivity contribution in [3.63, 3.8) is 0 Å². The van der Waals surface area contributed by atoms with Gasteiger partial charge in [-0.15, -0.1) is 0 Å². The predicted molar refractivity (Wildman–Crippen MR) is 72.5 cm³/mol. The van der Waals surface area contributed by atoms with Crippen molar-refractivity contribution in [1.82, 2.24) is 4.90 Å². The molecular weight excluding hydrogens is 242 g/mol. The lowest BCUT2D eigenvalue weighted by atomic mass is 9.93. The summed E-state index contributed by atoms with van der Waals surface area (Å²) in [7, 11) is 1.36. The monoisotopic (exact) mass is 265 g/mol. The number of piperidine rings is 1. The molecule has 19 heavy (non-hydrogen) atoms. The number of rotatable bonds is 4. The standard InChI is InChI=1S/C15H23NO3/c1-11(17)14(15(18)19-2)12-7-6-8-13(12)16-9-4-3-5-10-16/h14H,3-10H2,1-2H3. The summed E-state index contributed by atoms with van der Waals surface area (Å²) in [6, 6.07) is 0. The average Bonchev–Trinajstić information content (AvgIpc) is 2.88. The maximum Gasteiger partial charge on any atom is 0.320 e. The zero-order chi connectivity index (χ0) is 13.8. The molecule has 1 heterocycles. The second kappa shape index (κ2) is 6.22. The van der Waals surface area contributed by atoms with E-state index in [1.54, 1.807) is 0 Å². The van der Waals surface area contributed by atoms with Gasteiger partial charge in [0, 0.05) is 18.8 Å². The van der Waals surface area contributed by atoms with Crippen LogP contribution in [0.3, 0.4) is 0 Å². The lowest BCUT2D eigenvalue weighted by Crippen LogP contribution is -2.32. The van der Waals surface area contributed by atoms with Crippen LogP contribution in [0.4, 0.5) is 0 Å². The van der Waals surface area contributed by atoms with E-state index in [0.717, 1.165) is 37.9 Å². The molecule has 0 N–H and O–H groups in total. The molecule has 4 heteroatoms. The Balaban J connectivity index is 2.26. The number of allylic oxidation sites excluding steroid dienone is 1. The third-order valence-electron chi connectivity index (χ3n) is 4.16. The van der Waals surface area contributed by atoms with Gasteiger partial charge in [-0.1, -0.05) is 0 Å². The minimum Gasteiger partial charge on any atom is -0.468 e. The van der Waals surface area contributed by atoms with Crippen LogP contribution >= 0.6 is 0 Å². The van der Waals surface area contributed by atoms with Gasteiger partial charge >= 0.3 is 5.97 Å². The number of ketones is 1. The van der Waals surface area contributed by atoms with Crippen LogP contribution in [-0.4, -0.2) is 36.9 Å². The lowest BCUT2D eigenvalue weighted by Gasteiger charge is -2.32. The maximum absolute atomic E-state index is 11.9. The van der Waals surface area contributed by atoms with Crippen molar-refractivity contribution in [2.75, 3.05) is 20.2 Å². The van der Waals surface area contributed by atoms with Crippen molar-refractivity contribution in [3.8, 4) is 0 Å². The Morgan fingerprint density at radius 3 is 2.37 bits per heavy atom. The van der Waals surface area contributed by atoms with Gasteiger partial charge in [-0.2, -0.15) is 0 Å². The fourth-order valence-corrected chi connectivity index (χ4v) is 3.26. The molecule has 1 atom stereocenters. The summed E-state index contributed by atoms with van der Waals surface area (Å²) in [6.45, 7) is 3.61. The zero-order valence-electron chi connectivity index (χ0n) is 11.9. The Morgan fingerprint density at radius 2 is 1.79 bits per heavy atom. The molecule has 0 aromatic heterocycles. The summed E-state index contributed by atoms with van der Waals surface area (Å²) >= 11 is 0. The van der Waals surface area contributed by atoms with E-state index in [1.165, 1.54) is 39.0 Å². The summed E-state index contributed by atoms with van der Waals surface area (Å²) in [5.74, 6) is -1.18. The molecule has 2 rings (SSSR count). The molecule has 106 valence electrons. The maximum atomic E-state index is 11.9. The number of carbonyl (C=O) groups is 2. The molecule has 0 amide bonds. The summed E-state index contributed by atoms with van der Waals surface area (Å²) in [5.41, 5.74) is 2.26. The lowest BCUT2D eigenvalue weighted by molar-refractivity contribution is -0.147. The Labute approximate surface area is 114 Å². The Bertz CT molecular complexity index is 394. The molecule has 1 fully saturated rings. The van der Waals surface area contributed by atoms with E-state index in [4.69, 9.17) is 4.74 Å². The normalized spacial score (nSPS) is 21.5. The summed E-state index contributed by atoms with van der Waals surface area (Å²) < 4.78 is 4.81. The van der Waals surface area contributed by atoms with E-state index in [1.807, 2.05) is 0 Å². The first kappa shape index (κ1) is 14.1. The molecule has 1 unspecified atom stereocenters. The van der Waals surface area contributed by atoms with Crippen molar-refractivity contribution in [2.45, 2.75) is 45.4 Å². The Morgan fingerprint density at radius 1 is 1.11 bits per heavy atom. The van der Waals surface area contributed by atoms with Gasteiger partial charge in [-0.25, -0.2) is 0 Å². The Hall–Kier alpha value is -1.32. The molecule has 0 bridgehead atoms. The molecule has 0 spiro atoms. The minimum atomic E-state index is -0.676. The second-order valence-electron chi connectivity index (χ2n) is 5.44. The predicted octanol–water partition coefficient (Wildman–Crippen LogP) is 2.29. The van der Waals surface area contributed by atoms with E-state index in [0.29, 0.717) is 0 Å². The van der Waals surface area contributed by atoms with Crippen LogP contribution in [0.25, 0.3) is 0 Å². The highest BCUT2D eigenvalue weighted by Gasteiger charge is 2.34. The topological polar surface area (TPSA) is 46.6 Å². The van der Waals surface area contributed by atoms with Crippen LogP contribution in [0.15, 0.2) is 11.3 Å². The van der Waals surface area contributed by atoms with Crippen LogP contribution in [0.1, 0.15) is 45.4 Å². The number of nitrogens with zero attached hydrogens (tertiary/aromatic N) is 1. The van der Waals surface area contributed by atoms with Crippen LogP contribution in [-0.2, 0) is 14.3 Å². The highest BCUT2D eigenvalue weighted by Crippen LogP contribution is 2.35. The van der Waals surface area contributed by atoms with E-state index in [9.17, 15) is 9.59 Å². The molecule has 1 saturated heterocycles. The third kappa shape index (κ3) is 2.99. The highest BCUT2D eigenvalue weighted by atomic mass is 16.5. The number of methoxy groups -OCH3 is 1. The number of Topliss-reactive ketones (excluding diaryl/α,β-unsaturated/α-hetero) is 1. The van der Waals surface area contributed by atoms with Gasteiger partial charge in [0.1, 0.15) is 11.7 Å². The molecule has 0 radical (unpaired) electrons. The first-order chi connectivity index (χ1) is 9.15. The zero-order valence-corrected chi connectivity index (χ0v) is 11.9. The van der Waals surface area contributed by atoms with E-state index in [2.05, 4.69) is 4.90 Å². The largest absolute Gasteiger partial charge is 0.468 e. The van der Waals surface area contributed by atoms with Crippen molar-refractivity contribution in [2.24, 2.45) is 5.92 Å². The number of hydrogen-bond acceptors (Lipinski definition) is 4. The molecule has 0 saturated carbocycles. The second-order valence-corrected chi connectivity index (χ2v) is 5.44. The van der Waals surface area contributed by atoms with Gasteiger partial charge < -0.3 is 9.64 Å². The molecule has 4 nitrogen and oxygen atoms in total. The summed E-state index contributed by atoms with van der Waals surface area (Å²) in [4.78, 5) is 26.1. The van der Waals surface area contributed by atoms with Crippen LogP contribution < -0.4 is 0 Å². The van der Waals surface area contributed by atoms with Gasteiger partial charge in [-0.05, 0) is 51.0 Å². The van der Waals surface area contributed by atoms with Crippen molar-refractivity contribution >= 4 is 11.8 Å². The van der Waals surface area contributed by atoms with Gasteiger partial charge in [0.05, 0.1) is 7.11 Å². The number of ether oxygens (including phenoxy) is 1. The first-order valence-corrected chi connectivity index (χ1v) is 7.20. The molecular formula is C15H23NO3. The molecule has 1 aliphatic heterocycles. The van der Waals surface area contributed by atoms with Gasteiger partial charge in [0.25, 0.3) is 0 Å². The van der Waals surface area contributed by atoms with Crippen LogP contribution in [0.2, 0.25) is 0 Å². The number of esters is 1. The van der Waals surface area contributed by atoms with Crippen LogP contribution in [0.5, 0.6) is 0 Å². The fraction of sp³-hybridized carbons (Fsp3) is 0.733. The number of likely N-dealkylation sites (tertiary alicyclic amines) is 1. The average molecular weight is 265 g/mol. The third-order valence-corrected chi connectivity index (χ3v) is 4.16. The van der Waals surface area contributed by atoms with E-state index >= 15 is 0 Å². The van der Waals surface area contributed by atoms with Gasteiger partial charge in [0.2, 0.25) is 0 Å². The highest BCUT2D eigenvalue weighted by molar-refractivity contribution is 6.01. The van der Waals surface area contributed by atoms with Gasteiger partial charge in [-0.3, -0.25) is 9.59 Å². The Kier molecular flexibility index (Phi) is 4.61. The molecule has 0 aromatic carbocycles. The van der Waals surface area contributed by atoms with Gasteiger partial charge in [0.15, 0.2) is 0 Å².